The Morgan fingerprint density at radius 1 is 1.18 bits per heavy atom. The molecule has 7 heteroatoms. The Labute approximate surface area is 197 Å². The number of alkyl carbamates (subject to hydrolysis) is 1. The van der Waals surface area contributed by atoms with Crippen molar-refractivity contribution in [3.05, 3.63) is 42.0 Å². The summed E-state index contributed by atoms with van der Waals surface area (Å²) in [6, 6.07) is 6.50. The molecule has 1 saturated carbocycles. The molecule has 0 spiro atoms. The van der Waals surface area contributed by atoms with Crippen LogP contribution >= 0.6 is 0 Å². The fraction of sp³-hybridized carbons (Fsp3) is 0.577. The van der Waals surface area contributed by atoms with Gasteiger partial charge in [0.15, 0.2) is 0 Å². The molecule has 2 rings (SSSR count). The molecule has 33 heavy (non-hydrogen) atoms. The maximum Gasteiger partial charge on any atom is 0.408 e. The summed E-state index contributed by atoms with van der Waals surface area (Å²) in [5, 5.41) is 5.69. The lowest BCUT2D eigenvalue weighted by Crippen LogP contribution is -2.52. The average molecular weight is 458 g/mol. The molecular formula is C26H39N3O4. The van der Waals surface area contributed by atoms with Crippen LogP contribution in [-0.4, -0.2) is 47.0 Å². The number of carbonyl (C=O) groups is 3. The number of nitrogens with zero attached hydrogens (tertiary/aromatic N) is 1. The van der Waals surface area contributed by atoms with E-state index in [2.05, 4.69) is 17.2 Å². The van der Waals surface area contributed by atoms with Crippen LogP contribution in [0.1, 0.15) is 83.9 Å². The quantitative estimate of drug-likeness (QED) is 0.598. The van der Waals surface area contributed by atoms with Gasteiger partial charge in [0.1, 0.15) is 18.2 Å². The Hall–Kier alpha value is -2.83. The van der Waals surface area contributed by atoms with E-state index >= 15 is 0 Å². The van der Waals surface area contributed by atoms with Crippen molar-refractivity contribution >= 4 is 24.0 Å². The van der Waals surface area contributed by atoms with E-state index in [4.69, 9.17) is 4.74 Å². The van der Waals surface area contributed by atoms with Gasteiger partial charge in [0.05, 0.1) is 0 Å². The fourth-order valence-corrected chi connectivity index (χ4v) is 4.10. The summed E-state index contributed by atoms with van der Waals surface area (Å²) in [6.45, 7) is 12.6. The molecule has 1 aliphatic carbocycles. The molecule has 0 aliphatic heterocycles. The van der Waals surface area contributed by atoms with Crippen LogP contribution in [0.4, 0.5) is 4.79 Å². The lowest BCUT2D eigenvalue weighted by atomic mass is 9.94. The normalized spacial score (nSPS) is 15.5. The van der Waals surface area contributed by atoms with Crippen LogP contribution in [0.25, 0.3) is 6.08 Å². The minimum absolute atomic E-state index is 0.111. The van der Waals surface area contributed by atoms with Crippen molar-refractivity contribution in [2.45, 2.75) is 90.4 Å². The van der Waals surface area contributed by atoms with E-state index in [9.17, 15) is 14.4 Å². The van der Waals surface area contributed by atoms with Gasteiger partial charge < -0.3 is 20.3 Å². The fourth-order valence-electron chi connectivity index (χ4n) is 4.10. The molecule has 182 valence electrons. The molecule has 1 unspecified atom stereocenters. The number of rotatable bonds is 8. The Balaban J connectivity index is 2.29. The van der Waals surface area contributed by atoms with Crippen LogP contribution in [0.3, 0.4) is 0 Å². The average Bonchev–Trinajstić information content (AvgIpc) is 2.75. The van der Waals surface area contributed by atoms with Gasteiger partial charge >= 0.3 is 6.09 Å². The minimum atomic E-state index is -0.820. The molecule has 2 N–H and O–H groups in total. The van der Waals surface area contributed by atoms with Crippen molar-refractivity contribution in [2.75, 3.05) is 6.54 Å². The number of carbonyl (C=O) groups excluding carboxylic acids is 3. The van der Waals surface area contributed by atoms with Crippen molar-refractivity contribution in [1.29, 1.82) is 0 Å². The minimum Gasteiger partial charge on any atom is -0.444 e. The van der Waals surface area contributed by atoms with E-state index < -0.39 is 17.7 Å². The smallest absolute Gasteiger partial charge is 0.408 e. The Bertz CT molecular complexity index is 838. The highest BCUT2D eigenvalue weighted by Gasteiger charge is 2.34. The molecule has 0 aromatic heterocycles. The Morgan fingerprint density at radius 3 is 2.42 bits per heavy atom. The highest BCUT2D eigenvalue weighted by molar-refractivity contribution is 5.91. The third-order valence-corrected chi connectivity index (χ3v) is 5.57. The number of benzene rings is 1. The number of hydrogen-bond acceptors (Lipinski definition) is 4. The van der Waals surface area contributed by atoms with Crippen molar-refractivity contribution in [3.8, 4) is 0 Å². The highest BCUT2D eigenvalue weighted by Crippen LogP contribution is 2.27. The van der Waals surface area contributed by atoms with E-state index in [1.54, 1.807) is 26.8 Å². The number of ether oxygens (including phenoxy) is 1. The van der Waals surface area contributed by atoms with Crippen LogP contribution in [0.15, 0.2) is 30.8 Å². The first-order valence-corrected chi connectivity index (χ1v) is 11.8. The van der Waals surface area contributed by atoms with Gasteiger partial charge in [-0.05, 0) is 64.7 Å². The Kier molecular flexibility index (Phi) is 9.50. The summed E-state index contributed by atoms with van der Waals surface area (Å²) in [4.78, 5) is 40.4. The lowest BCUT2D eigenvalue weighted by Gasteiger charge is -2.36. The predicted molar refractivity (Wildman–Crippen MR) is 131 cm³/mol. The molecule has 0 heterocycles. The van der Waals surface area contributed by atoms with Gasteiger partial charge in [-0.15, -0.1) is 0 Å². The molecule has 0 radical (unpaired) electrons. The van der Waals surface area contributed by atoms with Crippen LogP contribution in [0.2, 0.25) is 0 Å². The summed E-state index contributed by atoms with van der Waals surface area (Å²) in [5.74, 6) is -0.564. The summed E-state index contributed by atoms with van der Waals surface area (Å²) in [7, 11) is 0. The molecule has 1 fully saturated rings. The molecular weight excluding hydrogens is 418 g/mol. The molecule has 1 atom stereocenters. The van der Waals surface area contributed by atoms with Gasteiger partial charge in [-0.2, -0.15) is 0 Å². The van der Waals surface area contributed by atoms with Crippen molar-refractivity contribution in [3.63, 3.8) is 0 Å². The van der Waals surface area contributed by atoms with Crippen LogP contribution in [0, 0.1) is 0 Å². The lowest BCUT2D eigenvalue weighted by molar-refractivity contribution is -0.142. The maximum absolute atomic E-state index is 13.5. The van der Waals surface area contributed by atoms with Crippen molar-refractivity contribution in [1.82, 2.24) is 15.5 Å². The first kappa shape index (κ1) is 26.4. The van der Waals surface area contributed by atoms with Gasteiger partial charge in [0, 0.05) is 12.1 Å². The first-order valence-electron chi connectivity index (χ1n) is 11.8. The summed E-state index contributed by atoms with van der Waals surface area (Å²) >= 11 is 0. The third kappa shape index (κ3) is 8.22. The zero-order valence-corrected chi connectivity index (χ0v) is 20.6. The second-order valence-electron chi connectivity index (χ2n) is 9.87. The number of amides is 3. The topological polar surface area (TPSA) is 87.7 Å². The second kappa shape index (κ2) is 11.9. The molecule has 0 saturated heterocycles. The van der Waals surface area contributed by atoms with E-state index in [1.807, 2.05) is 38.1 Å². The molecule has 1 aromatic rings. The van der Waals surface area contributed by atoms with Gasteiger partial charge in [-0.3, -0.25) is 9.59 Å². The van der Waals surface area contributed by atoms with E-state index in [0.29, 0.717) is 5.56 Å². The van der Waals surface area contributed by atoms with E-state index in [1.165, 1.54) is 11.3 Å². The van der Waals surface area contributed by atoms with Gasteiger partial charge in [-0.1, -0.05) is 50.1 Å². The Morgan fingerprint density at radius 2 is 1.85 bits per heavy atom. The SMILES string of the molecule is C=Cc1cccc(C(C(=O)NC2CCCCC2)N(C(=O)CNC(=O)OC(C)(C)C)C(C)C)c1. The largest absolute Gasteiger partial charge is 0.444 e. The number of nitrogens with one attached hydrogen (secondary N) is 2. The predicted octanol–water partition coefficient (Wildman–Crippen LogP) is 4.58. The monoisotopic (exact) mass is 457 g/mol. The van der Waals surface area contributed by atoms with E-state index in [-0.39, 0.29) is 30.4 Å². The standard InChI is InChI=1S/C26H39N3O4/c1-7-19-12-11-13-20(16-19)23(24(31)28-21-14-9-8-10-15-21)29(18(2)3)22(30)17-27-25(32)33-26(4,5)6/h7,11-13,16,18,21,23H,1,8-10,14-15,17H2,2-6H3,(H,27,32)(H,28,31). The summed E-state index contributed by atoms with van der Waals surface area (Å²) in [5.41, 5.74) is 0.907. The molecule has 0 bridgehead atoms. The van der Waals surface area contributed by atoms with Crippen LogP contribution in [0.5, 0.6) is 0 Å². The van der Waals surface area contributed by atoms with Gasteiger partial charge in [-0.25, -0.2) is 4.79 Å². The van der Waals surface area contributed by atoms with E-state index in [0.717, 1.165) is 31.2 Å². The highest BCUT2D eigenvalue weighted by atomic mass is 16.6. The molecule has 1 aliphatic rings. The zero-order chi connectivity index (χ0) is 24.6. The molecule has 7 nitrogen and oxygen atoms in total. The van der Waals surface area contributed by atoms with Crippen LogP contribution in [-0.2, 0) is 14.3 Å². The second-order valence-corrected chi connectivity index (χ2v) is 9.87. The van der Waals surface area contributed by atoms with Crippen molar-refractivity contribution in [2.24, 2.45) is 0 Å². The van der Waals surface area contributed by atoms with Gasteiger partial charge in [0.2, 0.25) is 11.8 Å². The summed E-state index contributed by atoms with van der Waals surface area (Å²) in [6.07, 6.45) is 6.30. The zero-order valence-electron chi connectivity index (χ0n) is 20.6. The maximum atomic E-state index is 13.5. The van der Waals surface area contributed by atoms with Crippen molar-refractivity contribution < 1.29 is 19.1 Å². The molecule has 1 aromatic carbocycles. The number of hydrogen-bond donors (Lipinski definition) is 2. The third-order valence-electron chi connectivity index (χ3n) is 5.57. The van der Waals surface area contributed by atoms with Crippen LogP contribution < -0.4 is 10.6 Å². The van der Waals surface area contributed by atoms with Gasteiger partial charge in [0.25, 0.3) is 0 Å². The first-order chi connectivity index (χ1) is 15.5. The summed E-state index contributed by atoms with van der Waals surface area (Å²) < 4.78 is 5.24. The molecule has 3 amide bonds.